The van der Waals surface area contributed by atoms with Crippen LogP contribution in [-0.4, -0.2) is 43.9 Å². The molecule has 0 aliphatic heterocycles. The third kappa shape index (κ3) is 3.46. The van der Waals surface area contributed by atoms with Crippen molar-refractivity contribution >= 4 is 17.3 Å². The minimum Gasteiger partial charge on any atom is -0.505 e. The van der Waals surface area contributed by atoms with Crippen molar-refractivity contribution in [3.63, 3.8) is 0 Å². The highest BCUT2D eigenvalue weighted by Crippen LogP contribution is 2.73. The maximum atomic E-state index is 14.2. The van der Waals surface area contributed by atoms with Crippen LogP contribution in [0, 0.1) is 39.4 Å². The maximum Gasteiger partial charge on any atom is 0.206 e. The number of aliphatic hydroxyl groups excluding tert-OH is 1. The average Bonchev–Trinajstić information content (AvgIpc) is 3.02. The molecule has 3 N–H and O–H groups in total. The molecule has 7 unspecified atom stereocenters. The van der Waals surface area contributed by atoms with Crippen molar-refractivity contribution in [3.8, 4) is 0 Å². The topological polar surface area (TPSA) is 112 Å². The normalized spacial score (nSPS) is 41.4. The number of Topliss-reactive ketones (excluding diaryl/α,β-unsaturated/α-hetero) is 3. The first-order valence-electron chi connectivity index (χ1n) is 13.4. The number of hydrogen-bond acceptors (Lipinski definition) is 6. The van der Waals surface area contributed by atoms with Crippen LogP contribution in [0.5, 0.6) is 0 Å². The van der Waals surface area contributed by atoms with Gasteiger partial charge in [0, 0.05) is 30.1 Å². The van der Waals surface area contributed by atoms with Crippen molar-refractivity contribution in [2.24, 2.45) is 39.4 Å². The lowest BCUT2D eigenvalue weighted by atomic mass is 9.39. The molecule has 200 valence electrons. The van der Waals surface area contributed by atoms with Gasteiger partial charge in [0.05, 0.1) is 11.0 Å². The van der Waals surface area contributed by atoms with E-state index < -0.39 is 27.4 Å². The fourth-order valence-corrected chi connectivity index (χ4v) is 8.67. The van der Waals surface area contributed by atoms with Gasteiger partial charge >= 0.3 is 0 Å². The highest BCUT2D eigenvalue weighted by molar-refractivity contribution is 6.02. The molecule has 0 radical (unpaired) electrons. The van der Waals surface area contributed by atoms with Crippen LogP contribution in [0.4, 0.5) is 0 Å². The Morgan fingerprint density at radius 3 is 2.25 bits per heavy atom. The van der Waals surface area contributed by atoms with E-state index in [0.29, 0.717) is 12.8 Å². The van der Waals surface area contributed by atoms with Gasteiger partial charge in [-0.1, -0.05) is 32.4 Å². The van der Waals surface area contributed by atoms with Gasteiger partial charge in [-0.15, -0.1) is 0 Å². The summed E-state index contributed by atoms with van der Waals surface area (Å²) in [6.45, 7) is 14.8. The largest absolute Gasteiger partial charge is 0.505 e. The molecule has 6 nitrogen and oxygen atoms in total. The SMILES string of the molecule is CC(C)(O)CCC(=O)C(C)(O)C1CCC2(C)C3CC=C4C(C=C(O)C(=O)C4(C)C)C3(C)C(=O)CC12C. The molecule has 0 amide bonds. The Kier molecular flexibility index (Phi) is 5.95. The van der Waals surface area contributed by atoms with Crippen molar-refractivity contribution in [2.45, 2.75) is 105 Å². The summed E-state index contributed by atoms with van der Waals surface area (Å²) >= 11 is 0. The molecule has 6 heteroatoms. The predicted octanol–water partition coefficient (Wildman–Crippen LogP) is 4.87. The number of allylic oxidation sites excluding steroid dienone is 4. The third-order valence-electron chi connectivity index (χ3n) is 11.3. The van der Waals surface area contributed by atoms with E-state index in [1.807, 2.05) is 20.8 Å². The molecular weight excluding hydrogens is 456 g/mol. The summed E-state index contributed by atoms with van der Waals surface area (Å²) in [5.74, 6) is -1.57. The molecule has 2 saturated carbocycles. The Morgan fingerprint density at radius 2 is 1.67 bits per heavy atom. The minimum absolute atomic E-state index is 0.0506. The summed E-state index contributed by atoms with van der Waals surface area (Å²) in [6, 6.07) is 0. The summed E-state index contributed by atoms with van der Waals surface area (Å²) in [5, 5.41) is 32.3. The van der Waals surface area contributed by atoms with Gasteiger partial charge in [-0.2, -0.15) is 0 Å². The van der Waals surface area contributed by atoms with E-state index in [0.717, 1.165) is 12.0 Å². The summed E-state index contributed by atoms with van der Waals surface area (Å²) in [7, 11) is 0. The van der Waals surface area contributed by atoms with Crippen LogP contribution in [0.2, 0.25) is 0 Å². The summed E-state index contributed by atoms with van der Waals surface area (Å²) in [5.41, 5.74) is -4.24. The second kappa shape index (κ2) is 7.86. The predicted molar refractivity (Wildman–Crippen MR) is 137 cm³/mol. The zero-order valence-corrected chi connectivity index (χ0v) is 23.2. The molecule has 7 atom stereocenters. The van der Waals surface area contributed by atoms with Crippen LogP contribution in [0.1, 0.15) is 93.9 Å². The van der Waals surface area contributed by atoms with E-state index in [2.05, 4.69) is 19.9 Å². The first-order chi connectivity index (χ1) is 16.2. The Hall–Kier alpha value is -1.79. The highest BCUT2D eigenvalue weighted by Gasteiger charge is 2.72. The van der Waals surface area contributed by atoms with E-state index in [1.54, 1.807) is 26.8 Å². The third-order valence-corrected chi connectivity index (χ3v) is 11.3. The highest BCUT2D eigenvalue weighted by atomic mass is 16.3. The first-order valence-corrected chi connectivity index (χ1v) is 13.4. The van der Waals surface area contributed by atoms with E-state index in [9.17, 15) is 29.7 Å². The van der Waals surface area contributed by atoms with Crippen LogP contribution in [0.25, 0.3) is 0 Å². The molecule has 0 bridgehead atoms. The zero-order valence-electron chi connectivity index (χ0n) is 23.2. The lowest BCUT2D eigenvalue weighted by Gasteiger charge is -2.63. The smallest absolute Gasteiger partial charge is 0.206 e. The molecule has 2 fully saturated rings. The Morgan fingerprint density at radius 1 is 1.06 bits per heavy atom. The van der Waals surface area contributed by atoms with Crippen molar-refractivity contribution in [1.82, 2.24) is 0 Å². The fraction of sp³-hybridized carbons (Fsp3) is 0.767. The number of rotatable bonds is 5. The molecular formula is C30H44O6. The second-order valence-corrected chi connectivity index (χ2v) is 14.1. The summed E-state index contributed by atoms with van der Waals surface area (Å²) < 4.78 is 0. The van der Waals surface area contributed by atoms with E-state index in [1.165, 1.54) is 0 Å². The summed E-state index contributed by atoms with van der Waals surface area (Å²) in [6.07, 6.45) is 6.36. The maximum absolute atomic E-state index is 14.2. The molecule has 0 spiro atoms. The van der Waals surface area contributed by atoms with Crippen LogP contribution in [-0.2, 0) is 14.4 Å². The molecule has 0 heterocycles. The van der Waals surface area contributed by atoms with Crippen molar-refractivity contribution < 1.29 is 29.7 Å². The average molecular weight is 501 g/mol. The molecule has 4 rings (SSSR count). The van der Waals surface area contributed by atoms with Crippen LogP contribution in [0.15, 0.2) is 23.5 Å². The molecule has 0 saturated heterocycles. The van der Waals surface area contributed by atoms with Crippen molar-refractivity contribution in [2.75, 3.05) is 0 Å². The van der Waals surface area contributed by atoms with Crippen LogP contribution < -0.4 is 0 Å². The van der Waals surface area contributed by atoms with Gasteiger partial charge in [-0.05, 0) is 83.1 Å². The second-order valence-electron chi connectivity index (χ2n) is 14.1. The van der Waals surface area contributed by atoms with Crippen LogP contribution in [0.3, 0.4) is 0 Å². The number of hydrogen-bond donors (Lipinski definition) is 3. The Bertz CT molecular complexity index is 1070. The van der Waals surface area contributed by atoms with Gasteiger partial charge in [-0.3, -0.25) is 14.4 Å². The number of aliphatic hydroxyl groups is 3. The Balaban J connectivity index is 1.75. The van der Waals surface area contributed by atoms with E-state index in [4.69, 9.17) is 0 Å². The van der Waals surface area contributed by atoms with Gasteiger partial charge in [-0.25, -0.2) is 0 Å². The number of ketones is 3. The molecule has 0 aromatic rings. The molecule has 4 aliphatic carbocycles. The van der Waals surface area contributed by atoms with Gasteiger partial charge < -0.3 is 15.3 Å². The number of fused-ring (bicyclic) bond motifs is 5. The zero-order chi connectivity index (χ0) is 27.3. The standard InChI is InChI=1S/C30H44O6/c1-25(2,35)13-12-22(32)30(8,36)21-11-14-27(5)20-10-9-17-18(15-19(31)24(34)26(17,3)4)29(20,7)23(33)16-28(21,27)6/h9,15,18,20-21,31,35-36H,10-14,16H2,1-8H3. The van der Waals surface area contributed by atoms with Crippen molar-refractivity contribution in [3.05, 3.63) is 23.5 Å². The molecule has 36 heavy (non-hydrogen) atoms. The van der Waals surface area contributed by atoms with Gasteiger partial charge in [0.1, 0.15) is 11.4 Å². The fourth-order valence-electron chi connectivity index (χ4n) is 8.67. The van der Waals surface area contributed by atoms with Crippen molar-refractivity contribution in [1.29, 1.82) is 0 Å². The number of carbonyl (C=O) groups excluding carboxylic acids is 3. The molecule has 4 aliphatic rings. The van der Waals surface area contributed by atoms with Gasteiger partial charge in [0.2, 0.25) is 5.78 Å². The molecule has 0 aromatic carbocycles. The monoisotopic (exact) mass is 500 g/mol. The lowest BCUT2D eigenvalue weighted by molar-refractivity contribution is -0.178. The Labute approximate surface area is 215 Å². The van der Waals surface area contributed by atoms with E-state index in [-0.39, 0.29) is 65.5 Å². The van der Waals surface area contributed by atoms with Gasteiger partial charge in [0.15, 0.2) is 11.5 Å². The minimum atomic E-state index is -1.60. The lowest BCUT2D eigenvalue weighted by Crippen LogP contribution is -2.64. The number of carbonyl (C=O) groups is 3. The first kappa shape index (κ1) is 27.3. The van der Waals surface area contributed by atoms with Gasteiger partial charge in [0.25, 0.3) is 0 Å². The molecule has 0 aromatic heterocycles. The quantitative estimate of drug-likeness (QED) is 0.464. The van der Waals surface area contributed by atoms with Crippen LogP contribution >= 0.6 is 0 Å². The summed E-state index contributed by atoms with van der Waals surface area (Å²) in [4.78, 5) is 40.2. The van der Waals surface area contributed by atoms with E-state index >= 15 is 0 Å².